The first-order chi connectivity index (χ1) is 16.7. The normalized spacial score (nSPS) is 14.0. The molecule has 8 heteroatoms. The predicted octanol–water partition coefficient (Wildman–Crippen LogP) is 4.53. The molecule has 5 rings (SSSR count). The van der Waals surface area contributed by atoms with E-state index in [9.17, 15) is 0 Å². The molecule has 3 heterocycles. The standard InChI is InChI=1S/C26H30N6OS/c1-30-16-13-27-25(30)19-33-23-11-9-22(10-12-23)20-34-26-29-28-24(18-31-14-5-6-15-31)32(26)17-21-7-3-2-4-8-21/h2-4,7-13,16H,5-6,14-15,17-20H2,1H3. The third-order valence-corrected chi connectivity index (χ3v) is 7.16. The van der Waals surface area contributed by atoms with Gasteiger partial charge in [-0.3, -0.25) is 4.90 Å². The van der Waals surface area contributed by atoms with Crippen molar-refractivity contribution in [1.82, 2.24) is 29.2 Å². The van der Waals surface area contributed by atoms with E-state index in [1.165, 1.54) is 24.0 Å². The van der Waals surface area contributed by atoms with E-state index >= 15 is 0 Å². The number of imidazole rings is 1. The molecule has 1 fully saturated rings. The SMILES string of the molecule is Cn1ccnc1COc1ccc(CSc2nnc(CN3CCCC3)n2Cc2ccccc2)cc1. The highest BCUT2D eigenvalue weighted by Crippen LogP contribution is 2.25. The molecular weight excluding hydrogens is 444 g/mol. The summed E-state index contributed by atoms with van der Waals surface area (Å²) in [7, 11) is 1.97. The van der Waals surface area contributed by atoms with E-state index in [1.807, 2.05) is 29.9 Å². The molecule has 4 aromatic rings. The maximum absolute atomic E-state index is 5.88. The molecule has 2 aromatic carbocycles. The van der Waals surface area contributed by atoms with Gasteiger partial charge >= 0.3 is 0 Å². The molecule has 0 saturated carbocycles. The van der Waals surface area contributed by atoms with E-state index in [-0.39, 0.29) is 0 Å². The van der Waals surface area contributed by atoms with Gasteiger partial charge in [-0.2, -0.15) is 0 Å². The van der Waals surface area contributed by atoms with Crippen LogP contribution < -0.4 is 4.74 Å². The molecule has 1 saturated heterocycles. The van der Waals surface area contributed by atoms with Crippen LogP contribution in [0.4, 0.5) is 0 Å². The van der Waals surface area contributed by atoms with Crippen LogP contribution in [0.2, 0.25) is 0 Å². The Morgan fingerprint density at radius 2 is 1.68 bits per heavy atom. The molecular formula is C26H30N6OS. The first-order valence-corrected chi connectivity index (χ1v) is 12.7. The molecule has 0 radical (unpaired) electrons. The predicted molar refractivity (Wildman–Crippen MR) is 134 cm³/mol. The van der Waals surface area contributed by atoms with Gasteiger partial charge in [0.15, 0.2) is 5.16 Å². The minimum Gasteiger partial charge on any atom is -0.486 e. The van der Waals surface area contributed by atoms with Crippen molar-refractivity contribution in [2.24, 2.45) is 7.05 Å². The highest BCUT2D eigenvalue weighted by Gasteiger charge is 2.18. The summed E-state index contributed by atoms with van der Waals surface area (Å²) in [5, 5.41) is 10.1. The van der Waals surface area contributed by atoms with Crippen LogP contribution in [0.5, 0.6) is 5.75 Å². The zero-order valence-electron chi connectivity index (χ0n) is 19.5. The molecule has 0 bridgehead atoms. The average molecular weight is 475 g/mol. The van der Waals surface area contributed by atoms with Gasteiger partial charge in [-0.15, -0.1) is 10.2 Å². The third kappa shape index (κ3) is 5.69. The Hall–Kier alpha value is -3.10. The maximum Gasteiger partial charge on any atom is 0.191 e. The summed E-state index contributed by atoms with van der Waals surface area (Å²) < 4.78 is 10.1. The minimum atomic E-state index is 0.458. The highest BCUT2D eigenvalue weighted by atomic mass is 32.2. The largest absolute Gasteiger partial charge is 0.486 e. The molecule has 0 atom stereocenters. The quantitative estimate of drug-likeness (QED) is 0.315. The van der Waals surface area contributed by atoms with Gasteiger partial charge in [0.25, 0.3) is 0 Å². The van der Waals surface area contributed by atoms with E-state index in [0.717, 1.165) is 54.5 Å². The lowest BCUT2D eigenvalue weighted by Crippen LogP contribution is -2.21. The van der Waals surface area contributed by atoms with E-state index in [2.05, 4.69) is 67.1 Å². The fourth-order valence-electron chi connectivity index (χ4n) is 4.12. The number of likely N-dealkylation sites (tertiary alicyclic amines) is 1. The average Bonchev–Trinajstić information content (AvgIpc) is 3.61. The Bertz CT molecular complexity index is 1180. The van der Waals surface area contributed by atoms with Crippen molar-refractivity contribution in [2.75, 3.05) is 13.1 Å². The summed E-state index contributed by atoms with van der Waals surface area (Å²) in [6.07, 6.45) is 6.25. The molecule has 7 nitrogen and oxygen atoms in total. The molecule has 176 valence electrons. The lowest BCUT2D eigenvalue weighted by atomic mass is 10.2. The van der Waals surface area contributed by atoms with Crippen molar-refractivity contribution in [3.05, 3.63) is 89.8 Å². The van der Waals surface area contributed by atoms with Gasteiger partial charge in [0.1, 0.15) is 24.0 Å². The molecule has 0 aliphatic carbocycles. The Morgan fingerprint density at radius 3 is 2.41 bits per heavy atom. The summed E-state index contributed by atoms with van der Waals surface area (Å²) in [5.41, 5.74) is 2.49. The number of aryl methyl sites for hydroxylation is 1. The van der Waals surface area contributed by atoms with Crippen molar-refractivity contribution < 1.29 is 4.74 Å². The van der Waals surface area contributed by atoms with E-state index in [4.69, 9.17) is 4.74 Å². The number of aromatic nitrogens is 5. The van der Waals surface area contributed by atoms with Crippen LogP contribution in [-0.4, -0.2) is 42.3 Å². The summed E-state index contributed by atoms with van der Waals surface area (Å²) in [6, 6.07) is 18.8. The fraction of sp³-hybridized carbons (Fsp3) is 0.346. The Balaban J connectivity index is 1.24. The Labute approximate surface area is 204 Å². The van der Waals surface area contributed by atoms with E-state index in [1.54, 1.807) is 18.0 Å². The van der Waals surface area contributed by atoms with E-state index in [0.29, 0.717) is 6.61 Å². The van der Waals surface area contributed by atoms with E-state index < -0.39 is 0 Å². The molecule has 0 spiro atoms. The Kier molecular flexibility index (Phi) is 7.26. The molecule has 1 aliphatic heterocycles. The Morgan fingerprint density at radius 1 is 0.882 bits per heavy atom. The summed E-state index contributed by atoms with van der Waals surface area (Å²) in [4.78, 5) is 6.78. The van der Waals surface area contributed by atoms with Crippen LogP contribution in [0.15, 0.2) is 72.1 Å². The molecule has 0 unspecified atom stereocenters. The minimum absolute atomic E-state index is 0.458. The number of benzene rings is 2. The number of hydrogen-bond acceptors (Lipinski definition) is 6. The smallest absolute Gasteiger partial charge is 0.191 e. The number of rotatable bonds is 10. The van der Waals surface area contributed by atoms with Crippen molar-refractivity contribution in [3.63, 3.8) is 0 Å². The number of thioether (sulfide) groups is 1. The fourth-order valence-corrected chi connectivity index (χ4v) is 5.03. The van der Waals surface area contributed by atoms with Gasteiger partial charge in [0.2, 0.25) is 0 Å². The van der Waals surface area contributed by atoms with Crippen LogP contribution >= 0.6 is 11.8 Å². The van der Waals surface area contributed by atoms with Gasteiger partial charge < -0.3 is 13.9 Å². The summed E-state index contributed by atoms with van der Waals surface area (Å²) in [6.45, 7) is 4.41. The second-order valence-corrected chi connectivity index (χ2v) is 9.57. The zero-order valence-corrected chi connectivity index (χ0v) is 20.3. The number of hydrogen-bond donors (Lipinski definition) is 0. The van der Waals surface area contributed by atoms with Crippen molar-refractivity contribution in [2.45, 2.75) is 43.4 Å². The maximum atomic E-state index is 5.88. The first-order valence-electron chi connectivity index (χ1n) is 11.7. The lowest BCUT2D eigenvalue weighted by molar-refractivity contribution is 0.292. The number of ether oxygens (including phenoxy) is 1. The van der Waals surface area contributed by atoms with Crippen LogP contribution in [0.3, 0.4) is 0 Å². The van der Waals surface area contributed by atoms with Crippen molar-refractivity contribution in [1.29, 1.82) is 0 Å². The summed E-state index contributed by atoms with van der Waals surface area (Å²) in [5.74, 6) is 3.63. The van der Waals surface area contributed by atoms with Crippen molar-refractivity contribution >= 4 is 11.8 Å². The molecule has 0 N–H and O–H groups in total. The second kappa shape index (κ2) is 10.9. The third-order valence-electron chi connectivity index (χ3n) is 6.12. The van der Waals surface area contributed by atoms with Gasteiger partial charge in [-0.05, 0) is 49.2 Å². The van der Waals surface area contributed by atoms with Crippen LogP contribution in [0, 0.1) is 0 Å². The second-order valence-electron chi connectivity index (χ2n) is 8.63. The van der Waals surface area contributed by atoms with Gasteiger partial charge in [0, 0.05) is 25.2 Å². The van der Waals surface area contributed by atoms with Crippen LogP contribution in [-0.2, 0) is 32.5 Å². The van der Waals surface area contributed by atoms with Gasteiger partial charge in [-0.25, -0.2) is 4.98 Å². The van der Waals surface area contributed by atoms with Crippen LogP contribution in [0.1, 0.15) is 35.6 Å². The molecule has 34 heavy (non-hydrogen) atoms. The summed E-state index contributed by atoms with van der Waals surface area (Å²) >= 11 is 1.73. The van der Waals surface area contributed by atoms with Gasteiger partial charge in [-0.1, -0.05) is 54.2 Å². The highest BCUT2D eigenvalue weighted by molar-refractivity contribution is 7.98. The zero-order chi connectivity index (χ0) is 23.2. The van der Waals surface area contributed by atoms with Crippen LogP contribution in [0.25, 0.3) is 0 Å². The topological polar surface area (TPSA) is 61.0 Å². The molecule has 0 amide bonds. The lowest BCUT2D eigenvalue weighted by Gasteiger charge is -2.16. The van der Waals surface area contributed by atoms with Gasteiger partial charge in [0.05, 0.1) is 13.1 Å². The first kappa shape index (κ1) is 22.7. The molecule has 2 aromatic heterocycles. The monoisotopic (exact) mass is 474 g/mol. The van der Waals surface area contributed by atoms with Crippen molar-refractivity contribution in [3.8, 4) is 5.75 Å². The molecule has 1 aliphatic rings. The number of nitrogens with zero attached hydrogens (tertiary/aromatic N) is 6.